The number of rotatable bonds is 5. The summed E-state index contributed by atoms with van der Waals surface area (Å²) in [7, 11) is 0. The highest BCUT2D eigenvalue weighted by Crippen LogP contribution is 2.26. The first kappa shape index (κ1) is 13.3. The van der Waals surface area contributed by atoms with Crippen LogP contribution in [0.5, 0.6) is 0 Å². The third-order valence-corrected chi connectivity index (χ3v) is 3.52. The van der Waals surface area contributed by atoms with Crippen LogP contribution in [0.1, 0.15) is 39.5 Å². The highest BCUT2D eigenvalue weighted by Gasteiger charge is 2.31. The Morgan fingerprint density at radius 1 is 1.60 bits per heavy atom. The normalized spacial score (nSPS) is 23.1. The summed E-state index contributed by atoms with van der Waals surface area (Å²) in [6, 6.07) is 0. The molecule has 4 heteroatoms. The first-order chi connectivity index (χ1) is 7.20. The predicted molar refractivity (Wildman–Crippen MR) is 71.3 cm³/mol. The van der Waals surface area contributed by atoms with Crippen molar-refractivity contribution in [3.05, 3.63) is 0 Å². The minimum Gasteiger partial charge on any atom is -0.356 e. The lowest BCUT2D eigenvalue weighted by molar-refractivity contribution is 0.0103. The van der Waals surface area contributed by atoms with E-state index in [0.717, 1.165) is 19.6 Å². The zero-order valence-corrected chi connectivity index (χ0v) is 11.3. The first-order valence-electron chi connectivity index (χ1n) is 5.81. The Balaban J connectivity index is 2.53. The van der Waals surface area contributed by atoms with E-state index in [-0.39, 0.29) is 6.23 Å². The predicted octanol–water partition coefficient (Wildman–Crippen LogP) is 3.08. The molecule has 1 saturated heterocycles. The van der Waals surface area contributed by atoms with Crippen molar-refractivity contribution in [2.75, 3.05) is 13.2 Å². The molecule has 1 fully saturated rings. The van der Waals surface area contributed by atoms with Crippen molar-refractivity contribution < 1.29 is 4.74 Å². The summed E-state index contributed by atoms with van der Waals surface area (Å²) in [4.78, 5) is 2.11. The molecule has 15 heavy (non-hydrogen) atoms. The van der Waals surface area contributed by atoms with Crippen molar-refractivity contribution in [1.29, 1.82) is 0 Å². The van der Waals surface area contributed by atoms with E-state index in [4.69, 9.17) is 17.0 Å². The highest BCUT2D eigenvalue weighted by molar-refractivity contribution is 8.10. The molecule has 0 aliphatic carbocycles. The van der Waals surface area contributed by atoms with E-state index in [9.17, 15) is 0 Å². The van der Waals surface area contributed by atoms with E-state index < -0.39 is 0 Å². The second-order valence-corrected chi connectivity index (χ2v) is 5.16. The van der Waals surface area contributed by atoms with E-state index in [1.54, 1.807) is 0 Å². The lowest BCUT2D eigenvalue weighted by Gasteiger charge is -2.29. The topological polar surface area (TPSA) is 12.5 Å². The Hall–Kier alpha value is 0.200. The average Bonchev–Trinajstić information content (AvgIpc) is 2.68. The smallest absolute Gasteiger partial charge is 0.135 e. The molecule has 0 spiro atoms. The van der Waals surface area contributed by atoms with Crippen molar-refractivity contribution in [2.45, 2.75) is 45.8 Å². The van der Waals surface area contributed by atoms with Gasteiger partial charge in [0.2, 0.25) is 0 Å². The van der Waals surface area contributed by atoms with Gasteiger partial charge >= 0.3 is 0 Å². The zero-order valence-electron chi connectivity index (χ0n) is 9.61. The van der Waals surface area contributed by atoms with E-state index in [0.29, 0.717) is 10.2 Å². The molecule has 88 valence electrons. The Labute approximate surface area is 104 Å². The van der Waals surface area contributed by atoms with Gasteiger partial charge in [0.15, 0.2) is 0 Å². The molecule has 1 aliphatic rings. The van der Waals surface area contributed by atoms with Gasteiger partial charge in [-0.25, -0.2) is 0 Å². The van der Waals surface area contributed by atoms with Crippen LogP contribution in [0.3, 0.4) is 0 Å². The summed E-state index contributed by atoms with van der Waals surface area (Å²) >= 11 is 9.38. The van der Waals surface area contributed by atoms with Gasteiger partial charge in [-0.1, -0.05) is 38.9 Å². The molecule has 2 unspecified atom stereocenters. The van der Waals surface area contributed by atoms with Gasteiger partial charge in [0.1, 0.15) is 10.5 Å². The van der Waals surface area contributed by atoms with Gasteiger partial charge in [-0.2, -0.15) is 0 Å². The average molecular weight is 247 g/mol. The quantitative estimate of drug-likeness (QED) is 0.592. The molecule has 0 aromatic heterocycles. The molecule has 0 aromatic rings. The molecule has 0 N–H and O–H groups in total. The molecule has 1 heterocycles. The van der Waals surface area contributed by atoms with Gasteiger partial charge < -0.3 is 9.64 Å². The monoisotopic (exact) mass is 247 g/mol. The van der Waals surface area contributed by atoms with Crippen LogP contribution in [0.4, 0.5) is 0 Å². The number of hydrogen-bond acceptors (Lipinski definition) is 2. The fraction of sp³-hybridized carbons (Fsp3) is 0.909. The third kappa shape index (κ3) is 3.61. The maximum Gasteiger partial charge on any atom is 0.135 e. The van der Waals surface area contributed by atoms with Crippen molar-refractivity contribution in [1.82, 2.24) is 4.90 Å². The molecular formula is C11H21NOS2. The Morgan fingerprint density at radius 2 is 2.33 bits per heavy atom. The lowest BCUT2D eigenvalue weighted by atomic mass is 9.97. The SMILES string of the molecule is CCCCC(CC)C1OCCN1C(=S)S. The zero-order chi connectivity index (χ0) is 11.3. The van der Waals surface area contributed by atoms with Crippen molar-refractivity contribution in [2.24, 2.45) is 5.92 Å². The van der Waals surface area contributed by atoms with Crippen LogP contribution >= 0.6 is 24.8 Å². The maximum absolute atomic E-state index is 5.77. The van der Waals surface area contributed by atoms with Crippen LogP contribution < -0.4 is 0 Å². The molecular weight excluding hydrogens is 226 g/mol. The standard InChI is InChI=1S/C11H21NOS2/c1-3-5-6-9(4-2)10-12(11(14)15)7-8-13-10/h9-10H,3-8H2,1-2H3,(H,14,15). The molecule has 0 amide bonds. The molecule has 0 bridgehead atoms. The Morgan fingerprint density at radius 3 is 2.87 bits per heavy atom. The molecule has 2 nitrogen and oxygen atoms in total. The van der Waals surface area contributed by atoms with Crippen LogP contribution in [0.2, 0.25) is 0 Å². The van der Waals surface area contributed by atoms with Gasteiger partial charge in [0.05, 0.1) is 6.61 Å². The first-order valence-corrected chi connectivity index (χ1v) is 6.67. The van der Waals surface area contributed by atoms with Gasteiger partial charge in [0, 0.05) is 12.5 Å². The minimum atomic E-state index is 0.173. The van der Waals surface area contributed by atoms with Gasteiger partial charge in [-0.05, 0) is 12.8 Å². The fourth-order valence-corrected chi connectivity index (χ4v) is 2.51. The minimum absolute atomic E-state index is 0.173. The van der Waals surface area contributed by atoms with Crippen LogP contribution in [-0.2, 0) is 4.74 Å². The van der Waals surface area contributed by atoms with E-state index in [1.165, 1.54) is 19.3 Å². The summed E-state index contributed by atoms with van der Waals surface area (Å²) in [5.74, 6) is 0.595. The second kappa shape index (κ2) is 6.71. The molecule has 2 atom stereocenters. The molecule has 1 aliphatic heterocycles. The summed E-state index contributed by atoms with van der Waals surface area (Å²) < 4.78 is 6.44. The van der Waals surface area contributed by atoms with Crippen molar-refractivity contribution >= 4 is 29.2 Å². The van der Waals surface area contributed by atoms with E-state index >= 15 is 0 Å². The Bertz CT molecular complexity index is 211. The number of hydrogen-bond donors (Lipinski definition) is 1. The van der Waals surface area contributed by atoms with E-state index in [1.807, 2.05) is 0 Å². The second-order valence-electron chi connectivity index (χ2n) is 4.05. The lowest BCUT2D eigenvalue weighted by Crippen LogP contribution is -2.37. The maximum atomic E-state index is 5.77. The van der Waals surface area contributed by atoms with Crippen molar-refractivity contribution in [3.8, 4) is 0 Å². The van der Waals surface area contributed by atoms with Gasteiger partial charge in [0.25, 0.3) is 0 Å². The van der Waals surface area contributed by atoms with Crippen LogP contribution in [0.15, 0.2) is 0 Å². The molecule has 0 aromatic carbocycles. The summed E-state index contributed by atoms with van der Waals surface area (Å²) in [5, 5.41) is 0. The third-order valence-electron chi connectivity index (χ3n) is 3.03. The number of ether oxygens (including phenoxy) is 1. The summed E-state index contributed by atoms with van der Waals surface area (Å²) in [6.07, 6.45) is 5.06. The number of thiocarbonyl (C=S) groups is 1. The molecule has 0 saturated carbocycles. The van der Waals surface area contributed by atoms with Gasteiger partial charge in [-0.15, -0.1) is 12.6 Å². The summed E-state index contributed by atoms with van der Waals surface area (Å²) in [5.41, 5.74) is 0. The molecule has 0 radical (unpaired) electrons. The largest absolute Gasteiger partial charge is 0.356 e. The summed E-state index contributed by atoms with van der Waals surface area (Å²) in [6.45, 7) is 6.13. The number of unbranched alkanes of at least 4 members (excludes halogenated alkanes) is 1. The highest BCUT2D eigenvalue weighted by atomic mass is 32.1. The van der Waals surface area contributed by atoms with E-state index in [2.05, 4.69) is 31.4 Å². The fourth-order valence-electron chi connectivity index (χ4n) is 2.10. The van der Waals surface area contributed by atoms with Crippen LogP contribution in [0.25, 0.3) is 0 Å². The number of nitrogens with zero attached hydrogens (tertiary/aromatic N) is 1. The van der Waals surface area contributed by atoms with Crippen LogP contribution in [0, 0.1) is 5.92 Å². The molecule has 1 rings (SSSR count). The van der Waals surface area contributed by atoms with Gasteiger partial charge in [-0.3, -0.25) is 0 Å². The van der Waals surface area contributed by atoms with Crippen LogP contribution in [-0.4, -0.2) is 28.6 Å². The number of thiol groups is 1. The van der Waals surface area contributed by atoms with Crippen molar-refractivity contribution in [3.63, 3.8) is 0 Å². The Kier molecular flexibility index (Phi) is 5.94.